The molecule has 2 heterocycles. The number of rotatable bonds is 6. The summed E-state index contributed by atoms with van der Waals surface area (Å²) in [4.78, 5) is 13.2. The smallest absolute Gasteiger partial charge is 0.227 e. The summed E-state index contributed by atoms with van der Waals surface area (Å²) in [5.74, 6) is 2.01. The Balaban J connectivity index is 1.67. The molecule has 2 aromatic heterocycles. The summed E-state index contributed by atoms with van der Waals surface area (Å²) in [5, 5.41) is 6.05. The molecule has 0 radical (unpaired) electrons. The van der Waals surface area contributed by atoms with E-state index in [9.17, 15) is 0 Å². The molecule has 0 spiro atoms. The van der Waals surface area contributed by atoms with E-state index in [2.05, 4.69) is 20.3 Å². The van der Waals surface area contributed by atoms with Crippen LogP contribution in [-0.4, -0.2) is 29.2 Å². The van der Waals surface area contributed by atoms with Crippen LogP contribution in [-0.2, 0) is 0 Å². The average Bonchev–Trinajstić information content (AvgIpc) is 3.28. The third kappa shape index (κ3) is 3.65. The van der Waals surface area contributed by atoms with Crippen molar-refractivity contribution in [3.63, 3.8) is 0 Å². The summed E-state index contributed by atoms with van der Waals surface area (Å²) in [6, 6.07) is 15.5. The first-order chi connectivity index (χ1) is 13.8. The molecule has 1 N–H and O–H groups in total. The Morgan fingerprint density at radius 1 is 0.893 bits per heavy atom. The van der Waals surface area contributed by atoms with E-state index in [4.69, 9.17) is 9.47 Å². The van der Waals surface area contributed by atoms with Crippen molar-refractivity contribution in [2.75, 3.05) is 19.5 Å². The van der Waals surface area contributed by atoms with Crippen LogP contribution in [0.3, 0.4) is 0 Å². The largest absolute Gasteiger partial charge is 0.496 e. The molecule has 2 aromatic carbocycles. The Kier molecular flexibility index (Phi) is 5.16. The molecule has 0 amide bonds. The Morgan fingerprint density at radius 3 is 2.39 bits per heavy atom. The zero-order chi connectivity index (χ0) is 19.3. The van der Waals surface area contributed by atoms with Crippen LogP contribution in [0.4, 0.5) is 11.6 Å². The standard InChI is InChI=1S/C21H18N4O2S/c1-26-17-7-4-8-18(27-2)19(17)14-5-3-6-15(13-14)24-21-23-10-9-16(25-21)20-22-11-12-28-20/h3-13H,1-2H3,(H,23,24,25). The van der Waals surface area contributed by atoms with Gasteiger partial charge < -0.3 is 14.8 Å². The highest BCUT2D eigenvalue weighted by molar-refractivity contribution is 7.13. The highest BCUT2D eigenvalue weighted by Gasteiger charge is 2.13. The quantitative estimate of drug-likeness (QED) is 0.498. The number of aromatic nitrogens is 3. The van der Waals surface area contributed by atoms with E-state index < -0.39 is 0 Å². The van der Waals surface area contributed by atoms with Gasteiger partial charge in [-0.2, -0.15) is 0 Å². The lowest BCUT2D eigenvalue weighted by atomic mass is 10.0. The average molecular weight is 390 g/mol. The Bertz CT molecular complexity index is 1060. The maximum Gasteiger partial charge on any atom is 0.227 e. The first-order valence-electron chi connectivity index (χ1n) is 8.60. The van der Waals surface area contributed by atoms with Gasteiger partial charge in [-0.05, 0) is 35.9 Å². The predicted molar refractivity (Wildman–Crippen MR) is 111 cm³/mol. The van der Waals surface area contributed by atoms with Crippen LogP contribution >= 0.6 is 11.3 Å². The highest BCUT2D eigenvalue weighted by Crippen LogP contribution is 2.39. The minimum atomic E-state index is 0.511. The number of thiazole rings is 1. The molecule has 4 aromatic rings. The molecule has 0 atom stereocenters. The van der Waals surface area contributed by atoms with Crippen molar-refractivity contribution in [1.29, 1.82) is 0 Å². The van der Waals surface area contributed by atoms with E-state index in [1.165, 1.54) is 0 Å². The fourth-order valence-corrected chi connectivity index (χ4v) is 3.51. The van der Waals surface area contributed by atoms with E-state index >= 15 is 0 Å². The molecule has 0 aliphatic carbocycles. The molecule has 6 nitrogen and oxygen atoms in total. The third-order valence-corrected chi connectivity index (χ3v) is 4.94. The van der Waals surface area contributed by atoms with E-state index in [1.807, 2.05) is 53.9 Å². The lowest BCUT2D eigenvalue weighted by molar-refractivity contribution is 0.397. The van der Waals surface area contributed by atoms with E-state index in [0.29, 0.717) is 5.95 Å². The van der Waals surface area contributed by atoms with Crippen molar-refractivity contribution in [3.8, 4) is 33.3 Å². The number of anilines is 2. The van der Waals surface area contributed by atoms with E-state index in [1.54, 1.807) is 38.0 Å². The van der Waals surface area contributed by atoms with Gasteiger partial charge in [-0.3, -0.25) is 0 Å². The fraction of sp³-hybridized carbons (Fsp3) is 0.0952. The van der Waals surface area contributed by atoms with Gasteiger partial charge in [0.1, 0.15) is 22.2 Å². The zero-order valence-corrected chi connectivity index (χ0v) is 16.2. The second kappa shape index (κ2) is 8.06. The van der Waals surface area contributed by atoms with E-state index in [0.717, 1.165) is 39.0 Å². The van der Waals surface area contributed by atoms with Crippen molar-refractivity contribution in [3.05, 3.63) is 66.3 Å². The molecular weight excluding hydrogens is 372 g/mol. The molecule has 7 heteroatoms. The zero-order valence-electron chi connectivity index (χ0n) is 15.4. The van der Waals surface area contributed by atoms with Gasteiger partial charge in [0.05, 0.1) is 19.8 Å². The topological polar surface area (TPSA) is 69.2 Å². The molecule has 140 valence electrons. The van der Waals surface area contributed by atoms with Gasteiger partial charge in [0, 0.05) is 23.5 Å². The molecular formula is C21H18N4O2S. The fourth-order valence-electron chi connectivity index (χ4n) is 2.91. The number of hydrogen-bond acceptors (Lipinski definition) is 7. The predicted octanol–water partition coefficient (Wildman–Crippen LogP) is 5.03. The SMILES string of the molecule is COc1cccc(OC)c1-c1cccc(Nc2nccc(-c3nccs3)n2)c1. The molecule has 0 saturated carbocycles. The Morgan fingerprint density at radius 2 is 1.68 bits per heavy atom. The van der Waals surface area contributed by atoms with Crippen molar-refractivity contribution in [2.24, 2.45) is 0 Å². The van der Waals surface area contributed by atoms with Crippen LogP contribution in [0.5, 0.6) is 11.5 Å². The number of nitrogens with one attached hydrogen (secondary N) is 1. The summed E-state index contributed by atoms with van der Waals surface area (Å²) in [6.07, 6.45) is 3.48. The number of methoxy groups -OCH3 is 2. The molecule has 28 heavy (non-hydrogen) atoms. The molecule has 0 fully saturated rings. The van der Waals surface area contributed by atoms with Crippen LogP contribution in [0.15, 0.2) is 66.3 Å². The first-order valence-corrected chi connectivity index (χ1v) is 9.48. The number of nitrogens with zero attached hydrogens (tertiary/aromatic N) is 3. The van der Waals surface area contributed by atoms with Crippen LogP contribution in [0.1, 0.15) is 0 Å². The van der Waals surface area contributed by atoms with Crippen molar-refractivity contribution in [1.82, 2.24) is 15.0 Å². The van der Waals surface area contributed by atoms with Gasteiger partial charge in [0.25, 0.3) is 0 Å². The second-order valence-electron chi connectivity index (χ2n) is 5.85. The summed E-state index contributed by atoms with van der Waals surface area (Å²) in [5.41, 5.74) is 3.51. The first kappa shape index (κ1) is 17.9. The Labute approximate surface area is 166 Å². The van der Waals surface area contributed by atoms with Crippen molar-refractivity contribution < 1.29 is 9.47 Å². The monoisotopic (exact) mass is 390 g/mol. The van der Waals surface area contributed by atoms with Gasteiger partial charge in [0.15, 0.2) is 0 Å². The van der Waals surface area contributed by atoms with Crippen molar-refractivity contribution >= 4 is 23.0 Å². The molecule has 0 saturated heterocycles. The van der Waals surface area contributed by atoms with Crippen molar-refractivity contribution in [2.45, 2.75) is 0 Å². The van der Waals surface area contributed by atoms with Gasteiger partial charge in [-0.25, -0.2) is 15.0 Å². The van der Waals surface area contributed by atoms with Gasteiger partial charge in [-0.1, -0.05) is 18.2 Å². The van der Waals surface area contributed by atoms with Crippen LogP contribution in [0.25, 0.3) is 21.8 Å². The lowest BCUT2D eigenvalue weighted by Crippen LogP contribution is -1.98. The molecule has 0 bridgehead atoms. The Hall–Kier alpha value is -3.45. The summed E-state index contributed by atoms with van der Waals surface area (Å²) in [6.45, 7) is 0. The lowest BCUT2D eigenvalue weighted by Gasteiger charge is -2.14. The molecule has 0 aliphatic heterocycles. The van der Waals surface area contributed by atoms with E-state index in [-0.39, 0.29) is 0 Å². The normalized spacial score (nSPS) is 10.5. The number of hydrogen-bond donors (Lipinski definition) is 1. The molecule has 0 unspecified atom stereocenters. The minimum absolute atomic E-state index is 0.511. The summed E-state index contributed by atoms with van der Waals surface area (Å²) >= 11 is 1.54. The van der Waals surface area contributed by atoms with Gasteiger partial charge in [0.2, 0.25) is 5.95 Å². The summed E-state index contributed by atoms with van der Waals surface area (Å²) < 4.78 is 11.1. The minimum Gasteiger partial charge on any atom is -0.496 e. The highest BCUT2D eigenvalue weighted by atomic mass is 32.1. The van der Waals surface area contributed by atoms with Crippen LogP contribution in [0.2, 0.25) is 0 Å². The van der Waals surface area contributed by atoms with Gasteiger partial charge >= 0.3 is 0 Å². The molecule has 0 aliphatic rings. The second-order valence-corrected chi connectivity index (χ2v) is 6.74. The maximum atomic E-state index is 5.53. The third-order valence-electron chi connectivity index (χ3n) is 4.14. The van der Waals surface area contributed by atoms with Crippen LogP contribution in [0, 0.1) is 0 Å². The van der Waals surface area contributed by atoms with Gasteiger partial charge in [-0.15, -0.1) is 11.3 Å². The van der Waals surface area contributed by atoms with Crippen LogP contribution < -0.4 is 14.8 Å². The molecule has 4 rings (SSSR count). The maximum absolute atomic E-state index is 5.53. The summed E-state index contributed by atoms with van der Waals surface area (Å²) in [7, 11) is 3.30. The number of benzene rings is 2. The number of ether oxygens (including phenoxy) is 2.